The van der Waals surface area contributed by atoms with Crippen molar-refractivity contribution in [3.63, 3.8) is 0 Å². The normalized spacial score (nSPS) is 26.8. The molecule has 1 aliphatic carbocycles. The van der Waals surface area contributed by atoms with Crippen LogP contribution < -0.4 is 4.74 Å². The van der Waals surface area contributed by atoms with Gasteiger partial charge in [-0.25, -0.2) is 0 Å². The van der Waals surface area contributed by atoms with Gasteiger partial charge in [-0.05, 0) is 49.3 Å². The van der Waals surface area contributed by atoms with E-state index < -0.39 is 23.2 Å². The molecule has 0 spiro atoms. The Morgan fingerprint density at radius 2 is 1.89 bits per heavy atom. The van der Waals surface area contributed by atoms with Gasteiger partial charge in [0, 0.05) is 0 Å². The van der Waals surface area contributed by atoms with Gasteiger partial charge in [-0.1, -0.05) is 45.2 Å². The highest BCUT2D eigenvalue weighted by molar-refractivity contribution is 5.83. The first-order chi connectivity index (χ1) is 13.5. The maximum atomic E-state index is 12.4. The number of hydrogen-bond acceptors (Lipinski definition) is 4. The zero-order chi connectivity index (χ0) is 20.6. The summed E-state index contributed by atoms with van der Waals surface area (Å²) >= 11 is 0. The molecular weight excluding hydrogens is 352 g/mol. The summed E-state index contributed by atoms with van der Waals surface area (Å²) in [4.78, 5) is 12.4. The maximum Gasteiger partial charge on any atom is 0.315 e. The molecule has 0 heterocycles. The molecule has 4 atom stereocenters. The standard InChI is InChI=1S/C23H30N2O3/c1-3-5-6-14-28-19-10-8-18(9-11-19)23(22(26)27)13-12-17(7-4-2)20(15-24)21(23)16-25/h8-11,17,20-21H,3-7,12-14H2,1-2H3,(H,26,27). The Morgan fingerprint density at radius 3 is 2.43 bits per heavy atom. The van der Waals surface area contributed by atoms with E-state index in [2.05, 4.69) is 19.1 Å². The molecule has 5 heteroatoms. The summed E-state index contributed by atoms with van der Waals surface area (Å²) in [6, 6.07) is 11.5. The number of nitriles is 2. The van der Waals surface area contributed by atoms with Crippen molar-refractivity contribution in [2.24, 2.45) is 17.8 Å². The lowest BCUT2D eigenvalue weighted by Gasteiger charge is -2.43. The van der Waals surface area contributed by atoms with Gasteiger partial charge in [-0.3, -0.25) is 4.79 Å². The van der Waals surface area contributed by atoms with E-state index in [0.29, 0.717) is 30.8 Å². The fraction of sp³-hybridized carbons (Fsp3) is 0.609. The first-order valence-corrected chi connectivity index (χ1v) is 10.3. The Morgan fingerprint density at radius 1 is 1.18 bits per heavy atom. The van der Waals surface area contributed by atoms with E-state index in [9.17, 15) is 20.4 Å². The zero-order valence-corrected chi connectivity index (χ0v) is 16.9. The Hall–Kier alpha value is -2.53. The molecule has 1 aromatic carbocycles. The number of carbonyl (C=O) groups is 1. The second-order valence-corrected chi connectivity index (χ2v) is 7.71. The molecule has 150 valence electrons. The quantitative estimate of drug-likeness (QED) is 0.602. The minimum Gasteiger partial charge on any atom is -0.494 e. The third kappa shape index (κ3) is 4.30. The molecule has 0 aromatic heterocycles. The van der Waals surface area contributed by atoms with Crippen molar-refractivity contribution in [1.29, 1.82) is 10.5 Å². The van der Waals surface area contributed by atoms with Crippen molar-refractivity contribution in [2.45, 2.75) is 64.2 Å². The molecule has 1 N–H and O–H groups in total. The van der Waals surface area contributed by atoms with Crippen molar-refractivity contribution >= 4 is 5.97 Å². The van der Waals surface area contributed by atoms with E-state index in [-0.39, 0.29) is 5.92 Å². The Balaban J connectivity index is 2.31. The van der Waals surface area contributed by atoms with Gasteiger partial charge in [0.2, 0.25) is 0 Å². The molecule has 1 fully saturated rings. The molecular formula is C23H30N2O3. The lowest BCUT2D eigenvalue weighted by atomic mass is 9.55. The minimum atomic E-state index is -1.35. The van der Waals surface area contributed by atoms with Gasteiger partial charge in [0.25, 0.3) is 0 Å². The van der Waals surface area contributed by atoms with Gasteiger partial charge < -0.3 is 9.84 Å². The van der Waals surface area contributed by atoms with Gasteiger partial charge in [0.05, 0.1) is 30.6 Å². The van der Waals surface area contributed by atoms with Crippen LogP contribution >= 0.6 is 0 Å². The number of benzene rings is 1. The number of carboxylic acid groups (broad SMARTS) is 1. The summed E-state index contributed by atoms with van der Waals surface area (Å²) in [5.41, 5.74) is -0.761. The van der Waals surface area contributed by atoms with E-state index in [4.69, 9.17) is 4.74 Å². The molecule has 1 saturated carbocycles. The summed E-state index contributed by atoms with van der Waals surface area (Å²) in [6.45, 7) is 4.82. The summed E-state index contributed by atoms with van der Waals surface area (Å²) in [5, 5.41) is 29.7. The van der Waals surface area contributed by atoms with Crippen LogP contribution in [-0.2, 0) is 10.2 Å². The van der Waals surface area contributed by atoms with E-state index in [1.54, 1.807) is 24.3 Å². The molecule has 1 aliphatic rings. The Bertz CT molecular complexity index is 732. The van der Waals surface area contributed by atoms with Crippen LogP contribution in [0.3, 0.4) is 0 Å². The van der Waals surface area contributed by atoms with Crippen LogP contribution in [0.15, 0.2) is 24.3 Å². The highest BCUT2D eigenvalue weighted by atomic mass is 16.5. The topological polar surface area (TPSA) is 94.1 Å². The molecule has 4 unspecified atom stereocenters. The molecule has 0 amide bonds. The van der Waals surface area contributed by atoms with Crippen LogP contribution in [0, 0.1) is 40.4 Å². The average Bonchev–Trinajstić information content (AvgIpc) is 2.71. The molecule has 5 nitrogen and oxygen atoms in total. The summed E-state index contributed by atoms with van der Waals surface area (Å²) in [7, 11) is 0. The zero-order valence-electron chi connectivity index (χ0n) is 16.9. The monoisotopic (exact) mass is 382 g/mol. The Labute approximate surface area is 167 Å². The van der Waals surface area contributed by atoms with Crippen LogP contribution in [0.5, 0.6) is 5.75 Å². The largest absolute Gasteiger partial charge is 0.494 e. The van der Waals surface area contributed by atoms with E-state index in [0.717, 1.165) is 32.1 Å². The van der Waals surface area contributed by atoms with Crippen molar-refractivity contribution in [1.82, 2.24) is 0 Å². The van der Waals surface area contributed by atoms with Crippen molar-refractivity contribution in [3.8, 4) is 17.9 Å². The van der Waals surface area contributed by atoms with Crippen molar-refractivity contribution < 1.29 is 14.6 Å². The summed E-state index contributed by atoms with van der Waals surface area (Å²) < 4.78 is 5.72. The third-order valence-corrected chi connectivity index (χ3v) is 6.02. The van der Waals surface area contributed by atoms with E-state index >= 15 is 0 Å². The number of unbranched alkanes of at least 4 members (excludes halogenated alkanes) is 2. The summed E-state index contributed by atoms with van der Waals surface area (Å²) in [5.74, 6) is -1.68. The molecule has 0 bridgehead atoms. The minimum absolute atomic E-state index is 0.0771. The molecule has 0 aliphatic heterocycles. The number of carboxylic acids is 1. The number of ether oxygens (including phenoxy) is 1. The van der Waals surface area contributed by atoms with Gasteiger partial charge in [0.15, 0.2) is 0 Å². The van der Waals surface area contributed by atoms with Crippen LogP contribution in [-0.4, -0.2) is 17.7 Å². The molecule has 2 rings (SSSR count). The van der Waals surface area contributed by atoms with E-state index in [1.807, 2.05) is 6.92 Å². The second-order valence-electron chi connectivity index (χ2n) is 7.71. The first kappa shape index (κ1) is 21.8. The van der Waals surface area contributed by atoms with Crippen LogP contribution in [0.2, 0.25) is 0 Å². The van der Waals surface area contributed by atoms with E-state index in [1.165, 1.54) is 0 Å². The number of rotatable bonds is 9. The Kier molecular flexibility index (Phi) is 7.88. The smallest absolute Gasteiger partial charge is 0.315 e. The SMILES string of the molecule is CCCCCOc1ccc(C2(C(=O)O)CCC(CCC)C(C#N)C2C#N)cc1. The van der Waals surface area contributed by atoms with Gasteiger partial charge in [0.1, 0.15) is 11.2 Å². The molecule has 0 saturated heterocycles. The van der Waals surface area contributed by atoms with Gasteiger partial charge in [-0.2, -0.15) is 10.5 Å². The predicted octanol–water partition coefficient (Wildman–Crippen LogP) is 5.07. The van der Waals surface area contributed by atoms with Crippen LogP contribution in [0.25, 0.3) is 0 Å². The second kappa shape index (κ2) is 10.1. The fourth-order valence-corrected chi connectivity index (χ4v) is 4.47. The highest BCUT2D eigenvalue weighted by Crippen LogP contribution is 2.50. The molecule has 1 aromatic rings. The number of hydrogen-bond donors (Lipinski definition) is 1. The molecule has 0 radical (unpaired) electrons. The third-order valence-electron chi connectivity index (χ3n) is 6.02. The first-order valence-electron chi connectivity index (χ1n) is 10.3. The van der Waals surface area contributed by atoms with Crippen LogP contribution in [0.4, 0.5) is 0 Å². The number of nitrogens with zero attached hydrogens (tertiary/aromatic N) is 2. The highest BCUT2D eigenvalue weighted by Gasteiger charge is 2.55. The molecule has 28 heavy (non-hydrogen) atoms. The maximum absolute atomic E-state index is 12.4. The van der Waals surface area contributed by atoms with Crippen molar-refractivity contribution in [2.75, 3.05) is 6.61 Å². The summed E-state index contributed by atoms with van der Waals surface area (Å²) in [6.07, 6.45) is 6.00. The number of aliphatic carboxylic acids is 1. The lowest BCUT2D eigenvalue weighted by molar-refractivity contribution is -0.148. The van der Waals surface area contributed by atoms with Crippen LogP contribution in [0.1, 0.15) is 64.4 Å². The average molecular weight is 383 g/mol. The lowest BCUT2D eigenvalue weighted by Crippen LogP contribution is -2.50. The van der Waals surface area contributed by atoms with Gasteiger partial charge >= 0.3 is 5.97 Å². The van der Waals surface area contributed by atoms with Crippen molar-refractivity contribution in [3.05, 3.63) is 29.8 Å². The van der Waals surface area contributed by atoms with Gasteiger partial charge in [-0.15, -0.1) is 0 Å². The fourth-order valence-electron chi connectivity index (χ4n) is 4.47. The predicted molar refractivity (Wildman–Crippen MR) is 107 cm³/mol.